The second-order valence-corrected chi connectivity index (χ2v) is 5.96. The highest BCUT2D eigenvalue weighted by Gasteiger charge is 2.34. The Morgan fingerprint density at radius 2 is 1.82 bits per heavy atom. The van der Waals surface area contributed by atoms with E-state index in [1.165, 1.54) is 19.3 Å². The lowest BCUT2D eigenvalue weighted by atomic mass is 9.69. The van der Waals surface area contributed by atoms with E-state index in [0.29, 0.717) is 18.5 Å². The molecule has 0 spiro atoms. The Balaban J connectivity index is 0.00000256. The lowest BCUT2D eigenvalue weighted by molar-refractivity contribution is -0.121. The zero-order valence-corrected chi connectivity index (χ0v) is 12.3. The number of nitrogens with one attached hydrogen (secondary N) is 2. The van der Waals surface area contributed by atoms with Gasteiger partial charge in [0.1, 0.15) is 0 Å². The van der Waals surface area contributed by atoms with Crippen molar-refractivity contribution in [2.45, 2.75) is 52.5 Å². The average Bonchev–Trinajstić information content (AvgIpc) is 2.17. The summed E-state index contributed by atoms with van der Waals surface area (Å²) in [6.07, 6.45) is 4.93. The monoisotopic (exact) mass is 262 g/mol. The van der Waals surface area contributed by atoms with Gasteiger partial charge in [-0.3, -0.25) is 4.79 Å². The van der Waals surface area contributed by atoms with Crippen LogP contribution in [0.4, 0.5) is 0 Å². The molecular weight excluding hydrogens is 236 g/mol. The third-order valence-corrected chi connectivity index (χ3v) is 3.56. The molecule has 102 valence electrons. The van der Waals surface area contributed by atoms with E-state index in [9.17, 15) is 4.79 Å². The molecule has 17 heavy (non-hydrogen) atoms. The normalized spacial score (nSPS) is 24.9. The zero-order valence-electron chi connectivity index (χ0n) is 11.5. The molecule has 1 rings (SSSR count). The van der Waals surface area contributed by atoms with Gasteiger partial charge in [-0.25, -0.2) is 0 Å². The first-order valence-electron chi connectivity index (χ1n) is 6.39. The molecule has 1 aliphatic rings. The van der Waals surface area contributed by atoms with Crippen LogP contribution in [0, 0.1) is 11.3 Å². The van der Waals surface area contributed by atoms with Crippen molar-refractivity contribution in [1.82, 2.24) is 10.6 Å². The van der Waals surface area contributed by atoms with Gasteiger partial charge in [-0.2, -0.15) is 0 Å². The van der Waals surface area contributed by atoms with Crippen LogP contribution >= 0.6 is 12.4 Å². The molecule has 2 N–H and O–H groups in total. The Morgan fingerprint density at radius 1 is 1.24 bits per heavy atom. The van der Waals surface area contributed by atoms with Crippen molar-refractivity contribution in [1.29, 1.82) is 0 Å². The van der Waals surface area contributed by atoms with Crippen molar-refractivity contribution < 1.29 is 4.79 Å². The number of hydrogen-bond donors (Lipinski definition) is 2. The Morgan fingerprint density at radius 3 is 2.35 bits per heavy atom. The third-order valence-electron chi connectivity index (χ3n) is 3.56. The van der Waals surface area contributed by atoms with Crippen LogP contribution in [-0.4, -0.2) is 25.5 Å². The number of hydrogen-bond acceptors (Lipinski definition) is 2. The van der Waals surface area contributed by atoms with Gasteiger partial charge in [-0.05, 0) is 31.2 Å². The van der Waals surface area contributed by atoms with E-state index in [-0.39, 0.29) is 23.7 Å². The Kier molecular flexibility index (Phi) is 7.10. The van der Waals surface area contributed by atoms with Crippen molar-refractivity contribution >= 4 is 18.3 Å². The van der Waals surface area contributed by atoms with Crippen molar-refractivity contribution in [3.05, 3.63) is 0 Å². The number of halogens is 1. The second-order valence-electron chi connectivity index (χ2n) is 5.96. The average molecular weight is 263 g/mol. The third kappa shape index (κ3) is 5.26. The van der Waals surface area contributed by atoms with Gasteiger partial charge in [0, 0.05) is 6.04 Å². The second kappa shape index (κ2) is 7.22. The quantitative estimate of drug-likeness (QED) is 0.820. The van der Waals surface area contributed by atoms with E-state index in [1.807, 2.05) is 7.05 Å². The number of carbonyl (C=O) groups excluding carboxylic acids is 1. The molecule has 0 saturated heterocycles. The zero-order chi connectivity index (χ0) is 12.2. The minimum Gasteiger partial charge on any atom is -0.352 e. The van der Waals surface area contributed by atoms with Gasteiger partial charge in [0.2, 0.25) is 5.91 Å². The first-order chi connectivity index (χ1) is 7.45. The highest BCUT2D eigenvalue weighted by molar-refractivity contribution is 5.85. The van der Waals surface area contributed by atoms with Crippen molar-refractivity contribution in [2.75, 3.05) is 13.6 Å². The Bertz CT molecular complexity index is 238. The largest absolute Gasteiger partial charge is 0.352 e. The lowest BCUT2D eigenvalue weighted by Crippen LogP contribution is -2.48. The number of amides is 1. The molecule has 0 aromatic rings. The van der Waals surface area contributed by atoms with Crippen LogP contribution in [0.1, 0.15) is 46.5 Å². The maximum atomic E-state index is 11.6. The summed E-state index contributed by atoms with van der Waals surface area (Å²) in [6, 6.07) is 0.370. The molecule has 2 atom stereocenters. The van der Waals surface area contributed by atoms with Crippen LogP contribution in [-0.2, 0) is 4.79 Å². The Hall–Kier alpha value is -0.280. The standard InChI is InChI=1S/C13H26N2O.ClH/c1-13(2,3)10-7-5-6-8-11(10)15-12(16)9-14-4;/h10-11,14H,5-9H2,1-4H3,(H,15,16);1H. The first-order valence-corrected chi connectivity index (χ1v) is 6.39. The molecule has 0 aromatic heterocycles. The summed E-state index contributed by atoms with van der Waals surface area (Å²) in [5, 5.41) is 6.07. The van der Waals surface area contributed by atoms with E-state index in [4.69, 9.17) is 0 Å². The molecule has 0 radical (unpaired) electrons. The fraction of sp³-hybridized carbons (Fsp3) is 0.923. The Labute approximate surface area is 112 Å². The molecule has 2 unspecified atom stereocenters. The number of carbonyl (C=O) groups is 1. The van der Waals surface area contributed by atoms with Crippen molar-refractivity contribution in [2.24, 2.45) is 11.3 Å². The topological polar surface area (TPSA) is 41.1 Å². The van der Waals surface area contributed by atoms with Crippen molar-refractivity contribution in [3.63, 3.8) is 0 Å². The number of rotatable bonds is 3. The molecule has 1 fully saturated rings. The van der Waals surface area contributed by atoms with Gasteiger partial charge >= 0.3 is 0 Å². The van der Waals surface area contributed by atoms with Crippen LogP contribution in [0.15, 0.2) is 0 Å². The molecule has 0 heterocycles. The molecular formula is C13H27ClN2O. The number of likely N-dealkylation sites (N-methyl/N-ethyl adjacent to an activating group) is 1. The van der Waals surface area contributed by atoms with E-state index in [0.717, 1.165) is 6.42 Å². The van der Waals surface area contributed by atoms with E-state index >= 15 is 0 Å². The minimum absolute atomic E-state index is 0. The van der Waals surface area contributed by atoms with Crippen LogP contribution in [0.5, 0.6) is 0 Å². The molecule has 1 aliphatic carbocycles. The highest BCUT2D eigenvalue weighted by Crippen LogP contribution is 2.37. The predicted molar refractivity (Wildman–Crippen MR) is 74.5 cm³/mol. The predicted octanol–water partition coefficient (Wildman–Crippen LogP) is 2.35. The van der Waals surface area contributed by atoms with Crippen LogP contribution in [0.3, 0.4) is 0 Å². The van der Waals surface area contributed by atoms with Crippen LogP contribution in [0.2, 0.25) is 0 Å². The maximum absolute atomic E-state index is 11.6. The molecule has 0 bridgehead atoms. The van der Waals surface area contributed by atoms with Gasteiger partial charge in [0.15, 0.2) is 0 Å². The molecule has 0 aliphatic heterocycles. The highest BCUT2D eigenvalue weighted by atomic mass is 35.5. The van der Waals surface area contributed by atoms with Gasteiger partial charge in [0.05, 0.1) is 6.54 Å². The van der Waals surface area contributed by atoms with Gasteiger partial charge in [-0.15, -0.1) is 12.4 Å². The fourth-order valence-corrected chi connectivity index (χ4v) is 2.76. The summed E-state index contributed by atoms with van der Waals surface area (Å²) in [5.74, 6) is 0.741. The smallest absolute Gasteiger partial charge is 0.234 e. The summed E-state index contributed by atoms with van der Waals surface area (Å²) in [6.45, 7) is 7.26. The van der Waals surface area contributed by atoms with Crippen molar-refractivity contribution in [3.8, 4) is 0 Å². The van der Waals surface area contributed by atoms with Crippen LogP contribution in [0.25, 0.3) is 0 Å². The summed E-state index contributed by atoms with van der Waals surface area (Å²) in [4.78, 5) is 11.6. The van der Waals surface area contributed by atoms with E-state index in [1.54, 1.807) is 0 Å². The fourth-order valence-electron chi connectivity index (χ4n) is 2.76. The summed E-state index contributed by atoms with van der Waals surface area (Å²) < 4.78 is 0. The van der Waals surface area contributed by atoms with E-state index < -0.39 is 0 Å². The van der Waals surface area contributed by atoms with Gasteiger partial charge in [0.25, 0.3) is 0 Å². The summed E-state index contributed by atoms with van der Waals surface area (Å²) in [7, 11) is 1.81. The SMILES string of the molecule is CNCC(=O)NC1CCCCC1C(C)(C)C.Cl. The van der Waals surface area contributed by atoms with Gasteiger partial charge in [-0.1, -0.05) is 33.6 Å². The maximum Gasteiger partial charge on any atom is 0.234 e. The summed E-state index contributed by atoms with van der Waals surface area (Å²) in [5.41, 5.74) is 0.290. The molecule has 3 nitrogen and oxygen atoms in total. The van der Waals surface area contributed by atoms with E-state index in [2.05, 4.69) is 31.4 Å². The summed E-state index contributed by atoms with van der Waals surface area (Å²) >= 11 is 0. The molecule has 0 aromatic carbocycles. The minimum atomic E-state index is 0. The molecule has 4 heteroatoms. The first kappa shape index (κ1) is 16.7. The molecule has 1 saturated carbocycles. The lowest BCUT2D eigenvalue weighted by Gasteiger charge is -2.40. The van der Waals surface area contributed by atoms with Gasteiger partial charge < -0.3 is 10.6 Å². The van der Waals surface area contributed by atoms with Crippen LogP contribution < -0.4 is 10.6 Å². The molecule has 1 amide bonds.